The molecule has 5 nitrogen and oxygen atoms in total. The predicted octanol–water partition coefficient (Wildman–Crippen LogP) is 2.12. The third kappa shape index (κ3) is 2.17. The minimum Gasteiger partial charge on any atom is -0.316 e. The molecule has 2 aromatic heterocycles. The fraction of sp³-hybridized carbons (Fsp3) is 0.769. The largest absolute Gasteiger partial charge is 0.316 e. The van der Waals surface area contributed by atoms with Crippen molar-refractivity contribution >= 4 is 16.3 Å². The first-order valence-corrected chi connectivity index (χ1v) is 7.66. The van der Waals surface area contributed by atoms with Gasteiger partial charge in [0, 0.05) is 17.4 Å². The van der Waals surface area contributed by atoms with Gasteiger partial charge in [0.25, 0.3) is 0 Å². The first-order chi connectivity index (χ1) is 8.90. The summed E-state index contributed by atoms with van der Waals surface area (Å²) in [5.41, 5.74) is 0.106. The Bertz CT molecular complexity index is 586. The lowest BCUT2D eigenvalue weighted by atomic mass is 9.83. The summed E-state index contributed by atoms with van der Waals surface area (Å²) in [6.07, 6.45) is 2.40. The third-order valence-electron chi connectivity index (χ3n) is 3.78. The van der Waals surface area contributed by atoms with Crippen molar-refractivity contribution in [2.75, 3.05) is 13.1 Å². The average Bonchev–Trinajstić information content (AvgIpc) is 2.87. The number of nitrogens with one attached hydrogen (secondary N) is 1. The van der Waals surface area contributed by atoms with E-state index in [1.54, 1.807) is 11.3 Å². The van der Waals surface area contributed by atoms with E-state index in [0.717, 1.165) is 23.9 Å². The Hall–Kier alpha value is -1.01. The van der Waals surface area contributed by atoms with Crippen LogP contribution in [0.1, 0.15) is 51.4 Å². The second-order valence-electron chi connectivity index (χ2n) is 6.72. The molecule has 0 bridgehead atoms. The van der Waals surface area contributed by atoms with Crippen LogP contribution in [0.5, 0.6) is 0 Å². The molecule has 0 spiro atoms. The maximum absolute atomic E-state index is 4.80. The summed E-state index contributed by atoms with van der Waals surface area (Å²) >= 11 is 1.68. The molecule has 1 fully saturated rings. The Morgan fingerprint density at radius 1 is 1.32 bits per heavy atom. The van der Waals surface area contributed by atoms with E-state index in [9.17, 15) is 0 Å². The molecule has 3 rings (SSSR count). The van der Waals surface area contributed by atoms with Gasteiger partial charge in [-0.3, -0.25) is 0 Å². The molecular formula is C13H21N5S. The molecule has 104 valence electrons. The lowest BCUT2D eigenvalue weighted by Crippen LogP contribution is -2.41. The molecule has 0 aromatic carbocycles. The number of hydrogen-bond donors (Lipinski definition) is 1. The predicted molar refractivity (Wildman–Crippen MR) is 76.8 cm³/mol. The summed E-state index contributed by atoms with van der Waals surface area (Å²) in [6.45, 7) is 10.8. The van der Waals surface area contributed by atoms with Gasteiger partial charge in [-0.1, -0.05) is 39.0 Å². The zero-order valence-electron chi connectivity index (χ0n) is 12.0. The van der Waals surface area contributed by atoms with Crippen molar-refractivity contribution in [3.05, 3.63) is 10.8 Å². The molecule has 1 aliphatic rings. The number of piperidine rings is 1. The summed E-state index contributed by atoms with van der Waals surface area (Å²) in [6, 6.07) is 0. The maximum atomic E-state index is 4.80. The number of rotatable bonds is 1. The second-order valence-corrected chi connectivity index (χ2v) is 7.67. The highest BCUT2D eigenvalue weighted by atomic mass is 32.1. The summed E-state index contributed by atoms with van der Waals surface area (Å²) in [5.74, 6) is 0.942. The Morgan fingerprint density at radius 3 is 2.74 bits per heavy atom. The number of fused-ring (bicyclic) bond motifs is 1. The lowest BCUT2D eigenvalue weighted by molar-refractivity contribution is 0.335. The second kappa shape index (κ2) is 4.24. The van der Waals surface area contributed by atoms with E-state index in [-0.39, 0.29) is 10.8 Å². The lowest BCUT2D eigenvalue weighted by Gasteiger charge is -2.31. The van der Waals surface area contributed by atoms with Gasteiger partial charge in [-0.15, -0.1) is 10.2 Å². The van der Waals surface area contributed by atoms with Crippen molar-refractivity contribution in [1.29, 1.82) is 0 Å². The number of nitrogens with zero attached hydrogens (tertiary/aromatic N) is 4. The average molecular weight is 279 g/mol. The molecule has 1 aliphatic heterocycles. The van der Waals surface area contributed by atoms with Crippen molar-refractivity contribution in [2.45, 2.75) is 51.4 Å². The van der Waals surface area contributed by atoms with Gasteiger partial charge in [0.15, 0.2) is 5.82 Å². The normalized spacial score (nSPS) is 25.1. The highest BCUT2D eigenvalue weighted by Crippen LogP contribution is 2.34. The van der Waals surface area contributed by atoms with Crippen LogP contribution in [-0.2, 0) is 10.8 Å². The van der Waals surface area contributed by atoms with E-state index in [1.165, 1.54) is 17.8 Å². The minimum absolute atomic E-state index is 0.0313. The SMILES string of the molecule is CC(C)(C)c1nnc2sc(C3(C)CCCNC3)nn12. The molecule has 0 amide bonds. The van der Waals surface area contributed by atoms with Crippen LogP contribution in [0.4, 0.5) is 0 Å². The molecule has 1 saturated heterocycles. The Balaban J connectivity index is 2.05. The van der Waals surface area contributed by atoms with E-state index in [2.05, 4.69) is 43.2 Å². The van der Waals surface area contributed by atoms with E-state index in [0.29, 0.717) is 0 Å². The van der Waals surface area contributed by atoms with E-state index < -0.39 is 0 Å². The minimum atomic E-state index is -0.0313. The topological polar surface area (TPSA) is 55.1 Å². The monoisotopic (exact) mass is 279 g/mol. The van der Waals surface area contributed by atoms with Crippen LogP contribution in [0.15, 0.2) is 0 Å². The molecule has 3 heterocycles. The van der Waals surface area contributed by atoms with Crippen LogP contribution in [0.3, 0.4) is 0 Å². The van der Waals surface area contributed by atoms with Crippen LogP contribution in [-0.4, -0.2) is 32.9 Å². The van der Waals surface area contributed by atoms with Gasteiger partial charge in [-0.05, 0) is 19.4 Å². The summed E-state index contributed by atoms with van der Waals surface area (Å²) in [7, 11) is 0. The van der Waals surface area contributed by atoms with Gasteiger partial charge >= 0.3 is 0 Å². The van der Waals surface area contributed by atoms with Gasteiger partial charge in [0.1, 0.15) is 5.01 Å². The molecular weight excluding hydrogens is 258 g/mol. The molecule has 19 heavy (non-hydrogen) atoms. The molecule has 6 heteroatoms. The van der Waals surface area contributed by atoms with Crippen molar-refractivity contribution in [3.8, 4) is 0 Å². The third-order valence-corrected chi connectivity index (χ3v) is 4.98. The number of aromatic nitrogens is 4. The van der Waals surface area contributed by atoms with E-state index in [4.69, 9.17) is 5.10 Å². The fourth-order valence-corrected chi connectivity index (χ4v) is 3.58. The van der Waals surface area contributed by atoms with Gasteiger partial charge in [0.2, 0.25) is 4.96 Å². The van der Waals surface area contributed by atoms with Crippen molar-refractivity contribution in [1.82, 2.24) is 25.1 Å². The van der Waals surface area contributed by atoms with Crippen LogP contribution in [0.2, 0.25) is 0 Å². The van der Waals surface area contributed by atoms with Crippen molar-refractivity contribution < 1.29 is 0 Å². The van der Waals surface area contributed by atoms with Gasteiger partial charge in [0.05, 0.1) is 0 Å². The van der Waals surface area contributed by atoms with Crippen LogP contribution >= 0.6 is 11.3 Å². The summed E-state index contributed by atoms with van der Waals surface area (Å²) in [4.78, 5) is 0.909. The molecule has 1 unspecified atom stereocenters. The van der Waals surface area contributed by atoms with Crippen LogP contribution in [0, 0.1) is 0 Å². The zero-order valence-corrected chi connectivity index (χ0v) is 12.8. The standard InChI is InChI=1S/C13H21N5S/c1-12(2,3)9-15-16-11-18(9)17-10(19-11)13(4)6-5-7-14-8-13/h14H,5-8H2,1-4H3. The fourth-order valence-electron chi connectivity index (χ4n) is 2.57. The van der Waals surface area contributed by atoms with E-state index in [1.807, 2.05) is 4.52 Å². The van der Waals surface area contributed by atoms with Crippen LogP contribution < -0.4 is 5.32 Å². The molecule has 0 saturated carbocycles. The van der Waals surface area contributed by atoms with Crippen molar-refractivity contribution in [2.24, 2.45) is 0 Å². The highest BCUT2D eigenvalue weighted by Gasteiger charge is 2.34. The van der Waals surface area contributed by atoms with E-state index >= 15 is 0 Å². The Morgan fingerprint density at radius 2 is 2.11 bits per heavy atom. The smallest absolute Gasteiger partial charge is 0.234 e. The Labute approximate surface area is 117 Å². The quantitative estimate of drug-likeness (QED) is 0.869. The molecule has 1 N–H and O–H groups in total. The molecule has 0 aliphatic carbocycles. The molecule has 0 radical (unpaired) electrons. The summed E-state index contributed by atoms with van der Waals surface area (Å²) < 4.78 is 1.93. The Kier molecular flexibility index (Phi) is 2.90. The summed E-state index contributed by atoms with van der Waals surface area (Å²) in [5, 5.41) is 18.0. The van der Waals surface area contributed by atoms with Crippen molar-refractivity contribution in [3.63, 3.8) is 0 Å². The molecule has 2 aromatic rings. The van der Waals surface area contributed by atoms with Gasteiger partial charge in [-0.2, -0.15) is 9.61 Å². The maximum Gasteiger partial charge on any atom is 0.234 e. The first kappa shape index (κ1) is 13.0. The van der Waals surface area contributed by atoms with Crippen LogP contribution in [0.25, 0.3) is 4.96 Å². The first-order valence-electron chi connectivity index (χ1n) is 6.84. The van der Waals surface area contributed by atoms with Gasteiger partial charge < -0.3 is 5.32 Å². The number of hydrogen-bond acceptors (Lipinski definition) is 5. The van der Waals surface area contributed by atoms with Gasteiger partial charge in [-0.25, -0.2) is 0 Å². The molecule has 1 atom stereocenters. The zero-order chi connectivity index (χ0) is 13.7. The highest BCUT2D eigenvalue weighted by molar-refractivity contribution is 7.16.